The van der Waals surface area contributed by atoms with Crippen molar-refractivity contribution in [3.8, 4) is 11.1 Å². The Morgan fingerprint density at radius 1 is 0.852 bits per heavy atom. The SMILES string of the molecule is CCCCCCc1ccc(-c2cc(F)c3c(c2)C=CC(F)(F)C3(F)F)cc1. The second-order valence-electron chi connectivity index (χ2n) is 6.96. The summed E-state index contributed by atoms with van der Waals surface area (Å²) in [5, 5.41) is 0. The van der Waals surface area contributed by atoms with E-state index in [1.54, 1.807) is 12.1 Å². The minimum absolute atomic E-state index is 0.137. The summed E-state index contributed by atoms with van der Waals surface area (Å²) in [6.45, 7) is 2.15. The number of hydrogen-bond acceptors (Lipinski definition) is 0. The van der Waals surface area contributed by atoms with Gasteiger partial charge in [-0.05, 0) is 53.3 Å². The third-order valence-corrected chi connectivity index (χ3v) is 4.93. The predicted octanol–water partition coefficient (Wildman–Crippen LogP) is 7.37. The monoisotopic (exact) mass is 380 g/mol. The molecule has 0 radical (unpaired) electrons. The number of allylic oxidation sites excluding steroid dienone is 1. The molecule has 0 N–H and O–H groups in total. The maximum atomic E-state index is 14.3. The van der Waals surface area contributed by atoms with E-state index in [0.717, 1.165) is 30.5 Å². The molecule has 0 aromatic heterocycles. The highest BCUT2D eigenvalue weighted by molar-refractivity contribution is 5.71. The van der Waals surface area contributed by atoms with E-state index in [2.05, 4.69) is 6.92 Å². The summed E-state index contributed by atoms with van der Waals surface area (Å²) >= 11 is 0. The van der Waals surface area contributed by atoms with Gasteiger partial charge in [-0.25, -0.2) is 4.39 Å². The summed E-state index contributed by atoms with van der Waals surface area (Å²) in [7, 11) is 0. The lowest BCUT2D eigenvalue weighted by Gasteiger charge is -2.29. The van der Waals surface area contributed by atoms with Crippen molar-refractivity contribution in [2.45, 2.75) is 50.9 Å². The Morgan fingerprint density at radius 3 is 2.22 bits per heavy atom. The Labute approximate surface area is 155 Å². The highest BCUT2D eigenvalue weighted by atomic mass is 19.3. The van der Waals surface area contributed by atoms with Crippen LogP contribution in [0.5, 0.6) is 0 Å². The molecular formula is C22H21F5. The standard InChI is InChI=1S/C22H21F5/c1-2-3-4-5-6-15-7-9-16(10-8-15)18-13-17-11-12-21(24,25)22(26,27)20(17)19(23)14-18/h7-14H,2-6H2,1H3. The van der Waals surface area contributed by atoms with Crippen molar-refractivity contribution in [2.24, 2.45) is 0 Å². The Kier molecular flexibility index (Phi) is 5.41. The lowest BCUT2D eigenvalue weighted by atomic mass is 9.88. The van der Waals surface area contributed by atoms with Crippen molar-refractivity contribution < 1.29 is 22.0 Å². The average Bonchev–Trinajstić information content (AvgIpc) is 2.62. The number of halogens is 5. The first-order valence-electron chi connectivity index (χ1n) is 9.14. The van der Waals surface area contributed by atoms with Crippen LogP contribution in [0.25, 0.3) is 17.2 Å². The van der Waals surface area contributed by atoms with Crippen LogP contribution in [0.2, 0.25) is 0 Å². The van der Waals surface area contributed by atoms with Crippen molar-refractivity contribution in [1.29, 1.82) is 0 Å². The molecule has 0 fully saturated rings. The predicted molar refractivity (Wildman–Crippen MR) is 97.6 cm³/mol. The maximum Gasteiger partial charge on any atom is 0.342 e. The van der Waals surface area contributed by atoms with E-state index >= 15 is 0 Å². The van der Waals surface area contributed by atoms with Gasteiger partial charge in [-0.3, -0.25) is 0 Å². The smallest absolute Gasteiger partial charge is 0.206 e. The molecule has 0 spiro atoms. The summed E-state index contributed by atoms with van der Waals surface area (Å²) in [4.78, 5) is 0. The third-order valence-electron chi connectivity index (χ3n) is 4.93. The van der Waals surface area contributed by atoms with Gasteiger partial charge >= 0.3 is 11.8 Å². The van der Waals surface area contributed by atoms with Gasteiger partial charge in [0.25, 0.3) is 0 Å². The fraction of sp³-hybridized carbons (Fsp3) is 0.364. The lowest BCUT2D eigenvalue weighted by Crippen LogP contribution is -2.39. The molecule has 2 aromatic carbocycles. The molecule has 27 heavy (non-hydrogen) atoms. The van der Waals surface area contributed by atoms with Crippen LogP contribution in [-0.4, -0.2) is 5.92 Å². The number of unbranched alkanes of at least 4 members (excludes halogenated alkanes) is 3. The molecule has 3 rings (SSSR count). The fourth-order valence-corrected chi connectivity index (χ4v) is 3.34. The first-order valence-corrected chi connectivity index (χ1v) is 9.14. The van der Waals surface area contributed by atoms with Crippen LogP contribution in [-0.2, 0) is 12.3 Å². The van der Waals surface area contributed by atoms with Gasteiger partial charge in [0.15, 0.2) is 0 Å². The molecule has 0 saturated carbocycles. The van der Waals surface area contributed by atoms with Crippen LogP contribution in [0.1, 0.15) is 49.3 Å². The van der Waals surface area contributed by atoms with Crippen molar-refractivity contribution >= 4 is 6.08 Å². The number of rotatable bonds is 6. The molecule has 1 aliphatic rings. The van der Waals surface area contributed by atoms with Gasteiger partial charge < -0.3 is 0 Å². The maximum absolute atomic E-state index is 14.3. The molecule has 0 atom stereocenters. The zero-order valence-electron chi connectivity index (χ0n) is 15.0. The van der Waals surface area contributed by atoms with Gasteiger partial charge in [0.2, 0.25) is 0 Å². The number of alkyl halides is 4. The Balaban J connectivity index is 1.86. The molecule has 144 valence electrons. The third kappa shape index (κ3) is 3.78. The molecule has 0 nitrogen and oxygen atoms in total. The Morgan fingerprint density at radius 2 is 1.56 bits per heavy atom. The molecular weight excluding hydrogens is 359 g/mol. The van der Waals surface area contributed by atoms with Gasteiger partial charge in [-0.1, -0.05) is 56.5 Å². The van der Waals surface area contributed by atoms with Crippen molar-refractivity contribution in [1.82, 2.24) is 0 Å². The molecule has 0 heterocycles. The van der Waals surface area contributed by atoms with E-state index in [9.17, 15) is 22.0 Å². The van der Waals surface area contributed by atoms with E-state index in [1.807, 2.05) is 12.1 Å². The zero-order valence-corrected chi connectivity index (χ0v) is 15.0. The van der Waals surface area contributed by atoms with Gasteiger partial charge in [-0.15, -0.1) is 0 Å². The number of hydrogen-bond donors (Lipinski definition) is 0. The first-order chi connectivity index (χ1) is 12.8. The minimum Gasteiger partial charge on any atom is -0.206 e. The van der Waals surface area contributed by atoms with Crippen molar-refractivity contribution in [3.63, 3.8) is 0 Å². The van der Waals surface area contributed by atoms with E-state index < -0.39 is 23.2 Å². The summed E-state index contributed by atoms with van der Waals surface area (Å²) in [6.07, 6.45) is 6.57. The largest absolute Gasteiger partial charge is 0.342 e. The van der Waals surface area contributed by atoms with Crippen molar-refractivity contribution in [3.05, 3.63) is 65.0 Å². The van der Waals surface area contributed by atoms with E-state index in [-0.39, 0.29) is 11.6 Å². The summed E-state index contributed by atoms with van der Waals surface area (Å²) in [6, 6.07) is 9.69. The van der Waals surface area contributed by atoms with E-state index in [1.165, 1.54) is 25.3 Å². The summed E-state index contributed by atoms with van der Waals surface area (Å²) in [5.74, 6) is -10.3. The second-order valence-corrected chi connectivity index (χ2v) is 6.96. The number of fused-ring (bicyclic) bond motifs is 1. The highest BCUT2D eigenvalue weighted by Gasteiger charge is 2.59. The molecule has 0 bridgehead atoms. The molecule has 5 heteroatoms. The quantitative estimate of drug-likeness (QED) is 0.362. The second kappa shape index (κ2) is 7.45. The van der Waals surface area contributed by atoms with Gasteiger partial charge in [0, 0.05) is 0 Å². The zero-order chi connectivity index (χ0) is 19.7. The van der Waals surface area contributed by atoms with Gasteiger partial charge in [0.05, 0.1) is 5.56 Å². The van der Waals surface area contributed by atoms with Crippen LogP contribution in [0.4, 0.5) is 22.0 Å². The molecule has 1 aliphatic carbocycles. The fourth-order valence-electron chi connectivity index (χ4n) is 3.34. The lowest BCUT2D eigenvalue weighted by molar-refractivity contribution is -0.189. The molecule has 0 amide bonds. The summed E-state index contributed by atoms with van der Waals surface area (Å²) in [5.41, 5.74) is 0.729. The van der Waals surface area contributed by atoms with Crippen LogP contribution < -0.4 is 0 Å². The van der Waals surface area contributed by atoms with Crippen LogP contribution in [0.15, 0.2) is 42.5 Å². The number of aryl methyl sites for hydroxylation is 1. The van der Waals surface area contributed by atoms with Crippen LogP contribution in [0, 0.1) is 5.82 Å². The Hall–Kier alpha value is -2.17. The minimum atomic E-state index is -4.57. The molecule has 2 aromatic rings. The normalized spacial score (nSPS) is 17.0. The van der Waals surface area contributed by atoms with E-state index in [4.69, 9.17) is 0 Å². The average molecular weight is 380 g/mol. The van der Waals surface area contributed by atoms with Gasteiger partial charge in [0.1, 0.15) is 5.82 Å². The molecule has 0 saturated heterocycles. The van der Waals surface area contributed by atoms with Crippen molar-refractivity contribution in [2.75, 3.05) is 0 Å². The van der Waals surface area contributed by atoms with Gasteiger partial charge in [-0.2, -0.15) is 17.6 Å². The van der Waals surface area contributed by atoms with Crippen LogP contribution >= 0.6 is 0 Å². The van der Waals surface area contributed by atoms with E-state index in [0.29, 0.717) is 11.1 Å². The van der Waals surface area contributed by atoms with Crippen LogP contribution in [0.3, 0.4) is 0 Å². The topological polar surface area (TPSA) is 0 Å². The number of benzene rings is 2. The highest BCUT2D eigenvalue weighted by Crippen LogP contribution is 2.50. The molecule has 0 unspecified atom stereocenters. The Bertz CT molecular complexity index is 835. The summed E-state index contributed by atoms with van der Waals surface area (Å²) < 4.78 is 69.1. The first kappa shape index (κ1) is 19.6. The molecule has 0 aliphatic heterocycles.